The number of benzene rings is 1. The summed E-state index contributed by atoms with van der Waals surface area (Å²) in [6, 6.07) is 6.18. The highest BCUT2D eigenvalue weighted by atomic mass is 35.5. The van der Waals surface area contributed by atoms with E-state index in [1.165, 1.54) is 6.42 Å². The Labute approximate surface area is 124 Å². The second kappa shape index (κ2) is 6.31. The maximum absolute atomic E-state index is 10.7. The number of nitrogens with zero attached hydrogens (tertiary/aromatic N) is 1. The Morgan fingerprint density at radius 3 is 2.85 bits per heavy atom. The predicted molar refractivity (Wildman–Crippen MR) is 83.3 cm³/mol. The topological polar surface area (TPSA) is 40.5 Å². The Kier molecular flexibility index (Phi) is 4.71. The van der Waals surface area contributed by atoms with Crippen LogP contribution in [-0.4, -0.2) is 23.7 Å². The molecule has 108 valence electrons. The van der Waals surface area contributed by atoms with Gasteiger partial charge in [0.2, 0.25) is 0 Å². The smallest absolute Gasteiger partial charge is 0.328 e. The van der Waals surface area contributed by atoms with Crippen LogP contribution < -0.4 is 4.90 Å². The van der Waals surface area contributed by atoms with Crippen molar-refractivity contribution in [1.29, 1.82) is 0 Å². The first kappa shape index (κ1) is 14.9. The van der Waals surface area contributed by atoms with Crippen LogP contribution in [0.3, 0.4) is 0 Å². The van der Waals surface area contributed by atoms with E-state index in [2.05, 4.69) is 18.7 Å². The van der Waals surface area contributed by atoms with Gasteiger partial charge in [-0.2, -0.15) is 0 Å². The number of hydrogen-bond acceptors (Lipinski definition) is 2. The molecule has 0 saturated carbocycles. The fourth-order valence-electron chi connectivity index (χ4n) is 2.72. The molecular formula is C16H20ClNO2. The van der Waals surface area contributed by atoms with Gasteiger partial charge in [0.05, 0.1) is 0 Å². The number of carbonyl (C=O) groups is 1. The summed E-state index contributed by atoms with van der Waals surface area (Å²) in [5, 5.41) is 9.41. The Bertz CT molecular complexity index is 527. The molecule has 20 heavy (non-hydrogen) atoms. The van der Waals surface area contributed by atoms with Gasteiger partial charge in [0.25, 0.3) is 0 Å². The first-order valence-corrected chi connectivity index (χ1v) is 7.33. The molecule has 0 aliphatic carbocycles. The SMILES string of the molecule is CC1CCC(C)N(c2cccc(Cl)c2C=CC(=O)O)C1. The number of hydrogen-bond donors (Lipinski definition) is 1. The summed E-state index contributed by atoms with van der Waals surface area (Å²) in [5.74, 6) is -0.322. The van der Waals surface area contributed by atoms with E-state index in [-0.39, 0.29) is 0 Å². The fourth-order valence-corrected chi connectivity index (χ4v) is 2.95. The zero-order chi connectivity index (χ0) is 14.7. The maximum atomic E-state index is 10.7. The van der Waals surface area contributed by atoms with Gasteiger partial charge in [-0.25, -0.2) is 4.79 Å². The van der Waals surface area contributed by atoms with E-state index in [4.69, 9.17) is 16.7 Å². The number of rotatable bonds is 3. The molecular weight excluding hydrogens is 274 g/mol. The third kappa shape index (κ3) is 3.34. The quantitative estimate of drug-likeness (QED) is 0.854. The molecule has 2 atom stereocenters. The zero-order valence-electron chi connectivity index (χ0n) is 11.8. The minimum absolute atomic E-state index is 0.446. The minimum Gasteiger partial charge on any atom is -0.478 e. The maximum Gasteiger partial charge on any atom is 0.328 e. The first-order valence-electron chi connectivity index (χ1n) is 6.95. The van der Waals surface area contributed by atoms with Crippen LogP contribution in [0.4, 0.5) is 5.69 Å². The van der Waals surface area contributed by atoms with Crippen molar-refractivity contribution in [3.8, 4) is 0 Å². The number of anilines is 1. The van der Waals surface area contributed by atoms with Gasteiger partial charge < -0.3 is 10.0 Å². The van der Waals surface area contributed by atoms with Gasteiger partial charge in [-0.3, -0.25) is 0 Å². The monoisotopic (exact) mass is 293 g/mol. The summed E-state index contributed by atoms with van der Waals surface area (Å²) < 4.78 is 0. The molecule has 1 aliphatic heterocycles. The van der Waals surface area contributed by atoms with Crippen molar-refractivity contribution in [2.24, 2.45) is 5.92 Å². The van der Waals surface area contributed by atoms with Crippen molar-refractivity contribution in [2.75, 3.05) is 11.4 Å². The van der Waals surface area contributed by atoms with E-state index in [1.807, 2.05) is 12.1 Å². The highest BCUT2D eigenvalue weighted by Gasteiger charge is 2.24. The van der Waals surface area contributed by atoms with Crippen LogP contribution in [0.2, 0.25) is 5.02 Å². The lowest BCUT2D eigenvalue weighted by Crippen LogP contribution is -2.41. The molecule has 0 amide bonds. The highest BCUT2D eigenvalue weighted by Crippen LogP contribution is 2.34. The largest absolute Gasteiger partial charge is 0.478 e. The molecule has 2 rings (SSSR count). The molecule has 0 radical (unpaired) electrons. The van der Waals surface area contributed by atoms with Crippen molar-refractivity contribution in [3.05, 3.63) is 34.9 Å². The Balaban J connectivity index is 2.39. The van der Waals surface area contributed by atoms with Gasteiger partial charge in [-0.05, 0) is 43.9 Å². The molecule has 1 heterocycles. The summed E-state index contributed by atoms with van der Waals surface area (Å²) in [6.07, 6.45) is 5.11. The molecule has 0 aromatic heterocycles. The molecule has 2 unspecified atom stereocenters. The van der Waals surface area contributed by atoms with Gasteiger partial charge in [-0.1, -0.05) is 24.6 Å². The Hall–Kier alpha value is -1.48. The van der Waals surface area contributed by atoms with Crippen molar-refractivity contribution >= 4 is 29.3 Å². The molecule has 1 aromatic carbocycles. The molecule has 3 nitrogen and oxygen atoms in total. The molecule has 0 bridgehead atoms. The summed E-state index contributed by atoms with van der Waals surface area (Å²) in [4.78, 5) is 13.1. The number of halogens is 1. The number of piperidine rings is 1. The third-order valence-corrected chi connectivity index (χ3v) is 4.18. The predicted octanol–water partition coefficient (Wildman–Crippen LogP) is 4.06. The summed E-state index contributed by atoms with van der Waals surface area (Å²) >= 11 is 6.25. The number of aliphatic carboxylic acids is 1. The Morgan fingerprint density at radius 2 is 2.15 bits per heavy atom. The first-order chi connectivity index (χ1) is 9.49. The highest BCUT2D eigenvalue weighted by molar-refractivity contribution is 6.32. The minimum atomic E-state index is -0.962. The van der Waals surface area contributed by atoms with Crippen LogP contribution in [-0.2, 0) is 4.79 Å². The van der Waals surface area contributed by atoms with Crippen molar-refractivity contribution in [2.45, 2.75) is 32.7 Å². The standard InChI is InChI=1S/C16H20ClNO2/c1-11-6-7-12(2)18(10-11)15-5-3-4-14(17)13(15)8-9-16(19)20/h3-5,8-9,11-12H,6-7,10H2,1-2H3,(H,19,20). The molecule has 1 aromatic rings. The lowest BCUT2D eigenvalue weighted by molar-refractivity contribution is -0.131. The molecule has 4 heteroatoms. The van der Waals surface area contributed by atoms with E-state index in [0.29, 0.717) is 17.0 Å². The average Bonchev–Trinajstić information content (AvgIpc) is 2.40. The van der Waals surface area contributed by atoms with E-state index < -0.39 is 5.97 Å². The average molecular weight is 294 g/mol. The molecule has 1 N–H and O–H groups in total. The molecule has 1 saturated heterocycles. The lowest BCUT2D eigenvalue weighted by Gasteiger charge is -2.39. The van der Waals surface area contributed by atoms with Gasteiger partial charge in [-0.15, -0.1) is 0 Å². The van der Waals surface area contributed by atoms with Crippen molar-refractivity contribution in [1.82, 2.24) is 0 Å². The number of carboxylic acids is 1. The van der Waals surface area contributed by atoms with E-state index in [1.54, 1.807) is 12.1 Å². The van der Waals surface area contributed by atoms with Gasteiger partial charge >= 0.3 is 5.97 Å². The van der Waals surface area contributed by atoms with Crippen LogP contribution in [0, 0.1) is 5.92 Å². The second-order valence-corrected chi connectivity index (χ2v) is 5.94. The molecule has 1 fully saturated rings. The normalized spacial score (nSPS) is 23.2. The van der Waals surface area contributed by atoms with Crippen LogP contribution in [0.25, 0.3) is 6.08 Å². The van der Waals surface area contributed by atoms with Crippen LogP contribution in [0.5, 0.6) is 0 Å². The van der Waals surface area contributed by atoms with Gasteiger partial charge in [0.1, 0.15) is 0 Å². The second-order valence-electron chi connectivity index (χ2n) is 5.53. The third-order valence-electron chi connectivity index (χ3n) is 3.85. The summed E-state index contributed by atoms with van der Waals surface area (Å²) in [6.45, 7) is 5.43. The fraction of sp³-hybridized carbons (Fsp3) is 0.438. The van der Waals surface area contributed by atoms with E-state index in [9.17, 15) is 4.79 Å². The Morgan fingerprint density at radius 1 is 1.40 bits per heavy atom. The number of carboxylic acid groups (broad SMARTS) is 1. The van der Waals surface area contributed by atoms with Crippen molar-refractivity contribution < 1.29 is 9.90 Å². The van der Waals surface area contributed by atoms with Crippen LogP contribution in [0.1, 0.15) is 32.3 Å². The van der Waals surface area contributed by atoms with E-state index >= 15 is 0 Å². The summed E-state index contributed by atoms with van der Waals surface area (Å²) in [7, 11) is 0. The van der Waals surface area contributed by atoms with Crippen LogP contribution >= 0.6 is 11.6 Å². The molecule has 1 aliphatic rings. The molecule has 0 spiro atoms. The summed E-state index contributed by atoms with van der Waals surface area (Å²) in [5.41, 5.74) is 1.81. The van der Waals surface area contributed by atoms with Crippen molar-refractivity contribution in [3.63, 3.8) is 0 Å². The zero-order valence-corrected chi connectivity index (χ0v) is 12.6. The van der Waals surface area contributed by atoms with Gasteiger partial charge in [0, 0.05) is 34.9 Å². The van der Waals surface area contributed by atoms with Gasteiger partial charge in [0.15, 0.2) is 0 Å². The van der Waals surface area contributed by atoms with Crippen LogP contribution in [0.15, 0.2) is 24.3 Å². The van der Waals surface area contributed by atoms with E-state index in [0.717, 1.165) is 30.3 Å². The lowest BCUT2D eigenvalue weighted by atomic mass is 9.93.